The number of carbonyl (C=O) groups excluding carboxylic acids is 2. The lowest BCUT2D eigenvalue weighted by atomic mass is 10.1. The molecule has 26 heavy (non-hydrogen) atoms. The fraction of sp³-hybridized carbons (Fsp3) is 0.300. The Bertz CT molecular complexity index is 773. The van der Waals surface area contributed by atoms with E-state index in [0.29, 0.717) is 35.2 Å². The second kappa shape index (κ2) is 9.38. The van der Waals surface area contributed by atoms with E-state index in [2.05, 4.69) is 40.4 Å². The normalized spacial score (nSPS) is 10.5. The molecule has 0 radical (unpaired) electrons. The lowest BCUT2D eigenvalue weighted by molar-refractivity contribution is -0.114. The summed E-state index contributed by atoms with van der Waals surface area (Å²) in [5, 5.41) is 5.54. The summed E-state index contributed by atoms with van der Waals surface area (Å²) in [6.07, 6.45) is 0.918. The van der Waals surface area contributed by atoms with E-state index in [4.69, 9.17) is 4.74 Å². The first kappa shape index (κ1) is 20.0. The van der Waals surface area contributed by atoms with Crippen molar-refractivity contribution in [2.24, 2.45) is 5.92 Å². The van der Waals surface area contributed by atoms with Crippen LogP contribution in [-0.4, -0.2) is 18.4 Å². The number of anilines is 2. The summed E-state index contributed by atoms with van der Waals surface area (Å²) in [6, 6.07) is 12.3. The molecule has 0 unspecified atom stereocenters. The molecule has 2 amide bonds. The van der Waals surface area contributed by atoms with Crippen LogP contribution >= 0.6 is 15.9 Å². The van der Waals surface area contributed by atoms with E-state index >= 15 is 0 Å². The molecule has 0 fully saturated rings. The lowest BCUT2D eigenvalue weighted by Crippen LogP contribution is -2.14. The Labute approximate surface area is 162 Å². The summed E-state index contributed by atoms with van der Waals surface area (Å²) >= 11 is 3.40. The number of benzene rings is 2. The van der Waals surface area contributed by atoms with Gasteiger partial charge in [-0.25, -0.2) is 0 Å². The quantitative estimate of drug-likeness (QED) is 0.658. The van der Waals surface area contributed by atoms with Crippen molar-refractivity contribution >= 4 is 39.1 Å². The van der Waals surface area contributed by atoms with Gasteiger partial charge in [0, 0.05) is 22.8 Å². The minimum atomic E-state index is -0.252. The standard InChI is InChI=1S/C20H23BrN2O3/c1-13(2)10-11-26-19-9-4-15(21)12-18(19)20(25)23-17-7-5-16(6-8-17)22-14(3)24/h4-9,12-13H,10-11H2,1-3H3,(H,22,24)(H,23,25). The molecular formula is C20H23BrN2O3. The molecule has 138 valence electrons. The number of ether oxygens (including phenoxy) is 1. The summed E-state index contributed by atoms with van der Waals surface area (Å²) in [6.45, 7) is 6.27. The first-order chi connectivity index (χ1) is 12.3. The Morgan fingerprint density at radius 2 is 1.65 bits per heavy atom. The van der Waals surface area contributed by atoms with Crippen molar-refractivity contribution in [1.29, 1.82) is 0 Å². The number of amides is 2. The number of halogens is 1. The molecule has 2 aromatic carbocycles. The van der Waals surface area contributed by atoms with Gasteiger partial charge in [-0.1, -0.05) is 29.8 Å². The molecule has 5 nitrogen and oxygen atoms in total. The van der Waals surface area contributed by atoms with Crippen molar-refractivity contribution in [3.8, 4) is 5.75 Å². The molecule has 0 spiro atoms. The highest BCUT2D eigenvalue weighted by Crippen LogP contribution is 2.25. The van der Waals surface area contributed by atoms with Crippen LogP contribution in [0.2, 0.25) is 0 Å². The van der Waals surface area contributed by atoms with Crippen LogP contribution in [0.25, 0.3) is 0 Å². The van der Waals surface area contributed by atoms with Crippen LogP contribution < -0.4 is 15.4 Å². The number of hydrogen-bond acceptors (Lipinski definition) is 3. The van der Waals surface area contributed by atoms with E-state index < -0.39 is 0 Å². The fourth-order valence-electron chi connectivity index (χ4n) is 2.25. The van der Waals surface area contributed by atoms with Gasteiger partial charge in [0.1, 0.15) is 5.75 Å². The van der Waals surface area contributed by atoms with Gasteiger partial charge in [-0.3, -0.25) is 9.59 Å². The Hall–Kier alpha value is -2.34. The van der Waals surface area contributed by atoms with Gasteiger partial charge in [0.05, 0.1) is 12.2 Å². The third-order valence-corrected chi connectivity index (χ3v) is 4.10. The Morgan fingerprint density at radius 1 is 1.04 bits per heavy atom. The highest BCUT2D eigenvalue weighted by molar-refractivity contribution is 9.10. The minimum Gasteiger partial charge on any atom is -0.493 e. The van der Waals surface area contributed by atoms with E-state index in [9.17, 15) is 9.59 Å². The molecule has 0 aliphatic carbocycles. The van der Waals surface area contributed by atoms with Gasteiger partial charge < -0.3 is 15.4 Å². The molecule has 0 saturated carbocycles. The fourth-order valence-corrected chi connectivity index (χ4v) is 2.61. The number of hydrogen-bond donors (Lipinski definition) is 2. The van der Waals surface area contributed by atoms with Crippen molar-refractivity contribution in [2.45, 2.75) is 27.2 Å². The molecule has 0 bridgehead atoms. The van der Waals surface area contributed by atoms with Gasteiger partial charge in [-0.2, -0.15) is 0 Å². The van der Waals surface area contributed by atoms with E-state index in [1.807, 2.05) is 6.07 Å². The molecule has 2 N–H and O–H groups in total. The van der Waals surface area contributed by atoms with Crippen molar-refractivity contribution in [2.75, 3.05) is 17.2 Å². The van der Waals surface area contributed by atoms with Crippen molar-refractivity contribution in [3.05, 3.63) is 52.5 Å². The molecule has 0 saturated heterocycles. The third-order valence-electron chi connectivity index (χ3n) is 3.60. The van der Waals surface area contributed by atoms with Gasteiger partial charge in [0.15, 0.2) is 0 Å². The summed E-state index contributed by atoms with van der Waals surface area (Å²) < 4.78 is 6.60. The zero-order valence-electron chi connectivity index (χ0n) is 15.1. The van der Waals surface area contributed by atoms with Crippen LogP contribution in [0.5, 0.6) is 5.75 Å². The second-order valence-corrected chi connectivity index (χ2v) is 7.30. The van der Waals surface area contributed by atoms with Gasteiger partial charge in [0.2, 0.25) is 5.91 Å². The molecule has 0 heterocycles. The summed E-state index contributed by atoms with van der Waals surface area (Å²) in [4.78, 5) is 23.7. The highest BCUT2D eigenvalue weighted by Gasteiger charge is 2.14. The SMILES string of the molecule is CC(=O)Nc1ccc(NC(=O)c2cc(Br)ccc2OCCC(C)C)cc1. The summed E-state index contributed by atoms with van der Waals surface area (Å²) in [5.41, 5.74) is 1.78. The predicted octanol–water partition coefficient (Wildman–Crippen LogP) is 5.08. The van der Waals surface area contributed by atoms with Gasteiger partial charge >= 0.3 is 0 Å². The first-order valence-corrected chi connectivity index (χ1v) is 9.26. The molecular weight excluding hydrogens is 396 g/mol. The van der Waals surface area contributed by atoms with E-state index in [1.54, 1.807) is 36.4 Å². The zero-order chi connectivity index (χ0) is 19.1. The zero-order valence-corrected chi connectivity index (χ0v) is 16.7. The van der Waals surface area contributed by atoms with Crippen LogP contribution in [0.15, 0.2) is 46.9 Å². The van der Waals surface area contributed by atoms with E-state index in [0.717, 1.165) is 10.9 Å². The van der Waals surface area contributed by atoms with Crippen molar-refractivity contribution in [1.82, 2.24) is 0 Å². The number of rotatable bonds is 7. The maximum Gasteiger partial charge on any atom is 0.259 e. The molecule has 2 rings (SSSR count). The van der Waals surface area contributed by atoms with E-state index in [-0.39, 0.29) is 11.8 Å². The van der Waals surface area contributed by atoms with Crippen LogP contribution in [0, 0.1) is 5.92 Å². The highest BCUT2D eigenvalue weighted by atomic mass is 79.9. The van der Waals surface area contributed by atoms with Crippen LogP contribution in [0.4, 0.5) is 11.4 Å². The summed E-state index contributed by atoms with van der Waals surface area (Å²) in [5.74, 6) is 0.698. The Morgan fingerprint density at radius 3 is 2.23 bits per heavy atom. The lowest BCUT2D eigenvalue weighted by Gasteiger charge is -2.13. The maximum atomic E-state index is 12.7. The Balaban J connectivity index is 2.10. The van der Waals surface area contributed by atoms with Crippen LogP contribution in [0.1, 0.15) is 37.6 Å². The van der Waals surface area contributed by atoms with Crippen molar-refractivity contribution in [3.63, 3.8) is 0 Å². The number of carbonyl (C=O) groups is 2. The molecule has 0 aliphatic rings. The molecule has 0 atom stereocenters. The second-order valence-electron chi connectivity index (χ2n) is 6.38. The molecule has 0 aliphatic heterocycles. The van der Waals surface area contributed by atoms with E-state index in [1.165, 1.54) is 6.92 Å². The van der Waals surface area contributed by atoms with Crippen molar-refractivity contribution < 1.29 is 14.3 Å². The largest absolute Gasteiger partial charge is 0.493 e. The monoisotopic (exact) mass is 418 g/mol. The van der Waals surface area contributed by atoms with Gasteiger partial charge in [0.25, 0.3) is 5.91 Å². The summed E-state index contributed by atoms with van der Waals surface area (Å²) in [7, 11) is 0. The minimum absolute atomic E-state index is 0.140. The molecule has 6 heteroatoms. The topological polar surface area (TPSA) is 67.4 Å². The first-order valence-electron chi connectivity index (χ1n) is 8.46. The number of nitrogens with one attached hydrogen (secondary N) is 2. The third kappa shape index (κ3) is 6.19. The molecule has 0 aromatic heterocycles. The van der Waals surface area contributed by atoms with Gasteiger partial charge in [-0.15, -0.1) is 0 Å². The smallest absolute Gasteiger partial charge is 0.259 e. The van der Waals surface area contributed by atoms with Crippen LogP contribution in [-0.2, 0) is 4.79 Å². The predicted molar refractivity (Wildman–Crippen MR) is 108 cm³/mol. The van der Waals surface area contributed by atoms with Crippen LogP contribution in [0.3, 0.4) is 0 Å². The van der Waals surface area contributed by atoms with Gasteiger partial charge in [-0.05, 0) is 54.8 Å². The average Bonchev–Trinajstić information content (AvgIpc) is 2.57. The maximum absolute atomic E-state index is 12.7. The molecule has 2 aromatic rings. The Kier molecular flexibility index (Phi) is 7.21. The average molecular weight is 419 g/mol.